The highest BCUT2D eigenvalue weighted by molar-refractivity contribution is 7.71. The highest BCUT2D eigenvalue weighted by Gasteiger charge is 2.02. The van der Waals surface area contributed by atoms with Crippen molar-refractivity contribution >= 4 is 18.4 Å². The molecule has 1 heterocycles. The molecule has 1 aromatic carbocycles. The number of H-pyrrole nitrogens is 1. The molecular weight excluding hydrogens is 272 g/mol. The molecule has 0 radical (unpaired) electrons. The van der Waals surface area contributed by atoms with Gasteiger partial charge in [-0.2, -0.15) is 14.9 Å². The van der Waals surface area contributed by atoms with Gasteiger partial charge in [-0.05, 0) is 43.8 Å². The fourth-order valence-corrected chi connectivity index (χ4v) is 1.94. The van der Waals surface area contributed by atoms with Crippen LogP contribution in [0.25, 0.3) is 0 Å². The van der Waals surface area contributed by atoms with E-state index in [0.29, 0.717) is 4.77 Å². The highest BCUT2D eigenvalue weighted by Crippen LogP contribution is 2.13. The Morgan fingerprint density at radius 1 is 1.50 bits per heavy atom. The van der Waals surface area contributed by atoms with Crippen molar-refractivity contribution in [2.75, 3.05) is 0 Å². The first-order valence-electron chi connectivity index (χ1n) is 6.57. The molecule has 106 valence electrons. The molecule has 1 N–H and O–H groups in total. The van der Waals surface area contributed by atoms with E-state index in [2.05, 4.69) is 15.3 Å². The minimum atomic E-state index is 0.149. The molecule has 0 aliphatic rings. The number of nitrogens with one attached hydrogen (secondary N) is 1. The lowest BCUT2D eigenvalue weighted by atomic mass is 10.2. The van der Waals surface area contributed by atoms with E-state index in [1.54, 1.807) is 10.9 Å². The first kappa shape index (κ1) is 14.5. The summed E-state index contributed by atoms with van der Waals surface area (Å²) in [5, 5.41) is 11.2. The molecule has 0 saturated carbocycles. The van der Waals surface area contributed by atoms with E-state index in [4.69, 9.17) is 17.0 Å². The van der Waals surface area contributed by atoms with Crippen molar-refractivity contribution in [2.24, 2.45) is 5.10 Å². The molecule has 5 nitrogen and oxygen atoms in total. The number of hydrogen-bond donors (Lipinski definition) is 1. The first-order valence-corrected chi connectivity index (χ1v) is 6.98. The molecule has 2 aromatic rings. The van der Waals surface area contributed by atoms with Gasteiger partial charge in [-0.1, -0.05) is 19.1 Å². The zero-order chi connectivity index (χ0) is 14.5. The average molecular weight is 290 g/mol. The SMILES string of the molecule is CCc1n[nH]c(=S)n1/N=C\c1cccc(OC(C)C)c1. The van der Waals surface area contributed by atoms with E-state index >= 15 is 0 Å². The standard InChI is InChI=1S/C14H18N4OS/c1-4-13-16-17-14(20)18(13)15-9-11-6-5-7-12(8-11)19-10(2)3/h5-10H,4H2,1-3H3,(H,17,20)/b15-9-. The topological polar surface area (TPSA) is 55.2 Å². The Hall–Kier alpha value is -1.95. The van der Waals surface area contributed by atoms with E-state index < -0.39 is 0 Å². The predicted molar refractivity (Wildman–Crippen MR) is 82.0 cm³/mol. The van der Waals surface area contributed by atoms with Crippen LogP contribution in [0.15, 0.2) is 29.4 Å². The third-order valence-electron chi connectivity index (χ3n) is 2.59. The van der Waals surface area contributed by atoms with Gasteiger partial charge < -0.3 is 4.74 Å². The van der Waals surface area contributed by atoms with Gasteiger partial charge in [-0.25, -0.2) is 0 Å². The van der Waals surface area contributed by atoms with Crippen LogP contribution in [0.2, 0.25) is 0 Å². The number of aromatic amines is 1. The Bertz CT molecular complexity index is 657. The second kappa shape index (κ2) is 6.47. The lowest BCUT2D eigenvalue weighted by Gasteiger charge is -2.09. The normalized spacial score (nSPS) is 11.4. The van der Waals surface area contributed by atoms with Crippen molar-refractivity contribution in [1.29, 1.82) is 0 Å². The van der Waals surface area contributed by atoms with Crippen LogP contribution in [-0.4, -0.2) is 27.2 Å². The van der Waals surface area contributed by atoms with E-state index in [0.717, 1.165) is 23.6 Å². The van der Waals surface area contributed by atoms with Crippen LogP contribution in [0, 0.1) is 4.77 Å². The van der Waals surface area contributed by atoms with Gasteiger partial charge in [0.25, 0.3) is 0 Å². The summed E-state index contributed by atoms with van der Waals surface area (Å²) in [5.41, 5.74) is 0.952. The Kier molecular flexibility index (Phi) is 4.68. The summed E-state index contributed by atoms with van der Waals surface area (Å²) in [6.45, 7) is 6.01. The Morgan fingerprint density at radius 2 is 2.30 bits per heavy atom. The fraction of sp³-hybridized carbons (Fsp3) is 0.357. The third kappa shape index (κ3) is 3.54. The van der Waals surface area contributed by atoms with Gasteiger partial charge in [0.05, 0.1) is 12.3 Å². The molecule has 0 amide bonds. The summed E-state index contributed by atoms with van der Waals surface area (Å²) in [6.07, 6.45) is 2.66. The smallest absolute Gasteiger partial charge is 0.216 e. The monoisotopic (exact) mass is 290 g/mol. The maximum Gasteiger partial charge on any atom is 0.216 e. The van der Waals surface area contributed by atoms with Gasteiger partial charge in [0.2, 0.25) is 4.77 Å². The van der Waals surface area contributed by atoms with Gasteiger partial charge in [-0.15, -0.1) is 0 Å². The van der Waals surface area contributed by atoms with Gasteiger partial charge in [0.15, 0.2) is 5.82 Å². The van der Waals surface area contributed by atoms with Crippen LogP contribution in [0.1, 0.15) is 32.2 Å². The molecule has 0 aliphatic carbocycles. The summed E-state index contributed by atoms with van der Waals surface area (Å²) in [5.74, 6) is 1.64. The molecule has 1 aromatic heterocycles. The van der Waals surface area contributed by atoms with Crippen LogP contribution < -0.4 is 4.74 Å². The minimum absolute atomic E-state index is 0.149. The molecule has 0 saturated heterocycles. The maximum atomic E-state index is 5.65. The van der Waals surface area contributed by atoms with Crippen LogP contribution >= 0.6 is 12.2 Å². The molecular formula is C14H18N4OS. The van der Waals surface area contributed by atoms with Crippen LogP contribution in [0.4, 0.5) is 0 Å². The molecule has 2 rings (SSSR count). The minimum Gasteiger partial charge on any atom is -0.491 e. The van der Waals surface area contributed by atoms with Crippen molar-refractivity contribution in [3.05, 3.63) is 40.4 Å². The van der Waals surface area contributed by atoms with E-state index in [1.165, 1.54) is 0 Å². The molecule has 0 aliphatic heterocycles. The van der Waals surface area contributed by atoms with E-state index in [-0.39, 0.29) is 6.10 Å². The fourth-order valence-electron chi connectivity index (χ4n) is 1.74. The Labute approximate surface area is 123 Å². The molecule has 0 bridgehead atoms. The Morgan fingerprint density at radius 3 is 3.00 bits per heavy atom. The zero-order valence-electron chi connectivity index (χ0n) is 11.8. The van der Waals surface area contributed by atoms with Crippen molar-refractivity contribution in [1.82, 2.24) is 14.9 Å². The average Bonchev–Trinajstić information content (AvgIpc) is 2.76. The van der Waals surface area contributed by atoms with Crippen molar-refractivity contribution in [2.45, 2.75) is 33.3 Å². The number of rotatable bonds is 5. The largest absolute Gasteiger partial charge is 0.491 e. The third-order valence-corrected chi connectivity index (χ3v) is 2.85. The van der Waals surface area contributed by atoms with Crippen molar-refractivity contribution in [3.63, 3.8) is 0 Å². The lowest BCUT2D eigenvalue weighted by Crippen LogP contribution is -2.05. The number of aromatic nitrogens is 3. The number of nitrogens with zero attached hydrogens (tertiary/aromatic N) is 3. The van der Waals surface area contributed by atoms with Gasteiger partial charge in [-0.3, -0.25) is 5.10 Å². The number of aryl methyl sites for hydroxylation is 1. The molecule has 0 spiro atoms. The molecule has 6 heteroatoms. The number of benzene rings is 1. The second-order valence-corrected chi connectivity index (χ2v) is 4.98. The number of ether oxygens (including phenoxy) is 1. The molecule has 0 atom stereocenters. The van der Waals surface area contributed by atoms with Crippen LogP contribution in [0.3, 0.4) is 0 Å². The summed E-state index contributed by atoms with van der Waals surface area (Å²) < 4.78 is 7.78. The lowest BCUT2D eigenvalue weighted by molar-refractivity contribution is 0.242. The highest BCUT2D eigenvalue weighted by atomic mass is 32.1. The van der Waals surface area contributed by atoms with Crippen molar-refractivity contribution < 1.29 is 4.74 Å². The van der Waals surface area contributed by atoms with Crippen LogP contribution in [-0.2, 0) is 6.42 Å². The molecule has 0 unspecified atom stereocenters. The quantitative estimate of drug-likeness (QED) is 0.679. The Balaban J connectivity index is 2.23. The summed E-state index contributed by atoms with van der Waals surface area (Å²) >= 11 is 5.14. The second-order valence-electron chi connectivity index (χ2n) is 4.59. The molecule has 0 fully saturated rings. The first-order chi connectivity index (χ1) is 9.60. The summed E-state index contributed by atoms with van der Waals surface area (Å²) in [6, 6.07) is 7.78. The van der Waals surface area contributed by atoms with Crippen molar-refractivity contribution in [3.8, 4) is 5.75 Å². The van der Waals surface area contributed by atoms with Gasteiger partial charge in [0.1, 0.15) is 5.75 Å². The van der Waals surface area contributed by atoms with E-state index in [1.807, 2.05) is 45.0 Å². The zero-order valence-corrected chi connectivity index (χ0v) is 12.6. The van der Waals surface area contributed by atoms with Gasteiger partial charge >= 0.3 is 0 Å². The number of hydrogen-bond acceptors (Lipinski definition) is 4. The predicted octanol–water partition coefficient (Wildman–Crippen LogP) is 3.17. The van der Waals surface area contributed by atoms with E-state index in [9.17, 15) is 0 Å². The molecule has 20 heavy (non-hydrogen) atoms. The van der Waals surface area contributed by atoms with Crippen LogP contribution in [0.5, 0.6) is 5.75 Å². The van der Waals surface area contributed by atoms with Gasteiger partial charge in [0, 0.05) is 6.42 Å². The summed E-state index contributed by atoms with van der Waals surface area (Å²) in [7, 11) is 0. The summed E-state index contributed by atoms with van der Waals surface area (Å²) in [4.78, 5) is 0. The maximum absolute atomic E-state index is 5.65.